The third-order valence-electron chi connectivity index (χ3n) is 6.89. The zero-order valence-electron chi connectivity index (χ0n) is 18.5. The summed E-state index contributed by atoms with van der Waals surface area (Å²) in [6.07, 6.45) is 4.15. The second kappa shape index (κ2) is 5.73. The number of aryl methyl sites for hydroxylation is 3. The molecule has 0 radical (unpaired) electrons. The molecule has 0 aliphatic carbocycles. The van der Waals surface area contributed by atoms with Crippen LogP contribution >= 0.6 is 0 Å². The Balaban J connectivity index is 2.09. The number of fused-ring (bicyclic) bond motifs is 5. The maximum atomic E-state index is 4.87. The van der Waals surface area contributed by atoms with E-state index in [0.717, 1.165) is 5.65 Å². The van der Waals surface area contributed by atoms with Crippen LogP contribution in [0.15, 0.2) is 48.8 Å². The molecular weight excluding hydrogens is 427 g/mol. The van der Waals surface area contributed by atoms with Crippen LogP contribution in [0.4, 0.5) is 0 Å². The Labute approximate surface area is 178 Å². The molecule has 0 saturated carbocycles. The zero-order valence-corrected chi connectivity index (χ0v) is 20.6. The van der Waals surface area contributed by atoms with E-state index in [2.05, 4.69) is 89.7 Å². The Morgan fingerprint density at radius 3 is 2.53 bits per heavy atom. The zero-order chi connectivity index (χ0) is 20.9. The molecule has 30 heavy (non-hydrogen) atoms. The van der Waals surface area contributed by atoms with Crippen LogP contribution in [0.5, 0.6) is 0 Å². The fourth-order valence-electron chi connectivity index (χ4n) is 5.15. The number of aromatic nitrogens is 3. The fourth-order valence-corrected chi connectivity index (χ4v) is 7.58. The standard InChI is InChI=1S/C26H26GeN3/c1-15-12-20-19-8-7-10-28-26(19)30-21-14-18(27(3,4)5)13-17-9-11-29(6)25(23(17)21)22(16(15)2)24(20)30/h7-14H,1-6H3/q+1. The van der Waals surface area contributed by atoms with Crippen molar-refractivity contribution in [3.63, 3.8) is 0 Å². The van der Waals surface area contributed by atoms with E-state index in [1.165, 1.54) is 59.0 Å². The van der Waals surface area contributed by atoms with Crippen LogP contribution in [0.1, 0.15) is 11.1 Å². The first kappa shape index (κ1) is 18.1. The molecule has 148 valence electrons. The summed E-state index contributed by atoms with van der Waals surface area (Å²) in [6.45, 7) is 4.50. The Morgan fingerprint density at radius 1 is 0.967 bits per heavy atom. The summed E-state index contributed by atoms with van der Waals surface area (Å²) < 4.78 is 6.29. The van der Waals surface area contributed by atoms with Crippen molar-refractivity contribution >= 4 is 66.8 Å². The van der Waals surface area contributed by atoms with Gasteiger partial charge in [0.2, 0.25) is 0 Å². The third-order valence-corrected chi connectivity index (χ3v) is 11.1. The van der Waals surface area contributed by atoms with Crippen molar-refractivity contribution in [2.45, 2.75) is 31.1 Å². The number of pyridine rings is 3. The topological polar surface area (TPSA) is 21.2 Å². The van der Waals surface area contributed by atoms with E-state index in [4.69, 9.17) is 4.98 Å². The number of hydrogen-bond donors (Lipinski definition) is 0. The predicted octanol–water partition coefficient (Wildman–Crippen LogP) is 5.37. The van der Waals surface area contributed by atoms with E-state index in [9.17, 15) is 0 Å². The number of rotatable bonds is 1. The summed E-state index contributed by atoms with van der Waals surface area (Å²) in [5, 5.41) is 6.59. The summed E-state index contributed by atoms with van der Waals surface area (Å²) in [6, 6.07) is 13.8. The summed E-state index contributed by atoms with van der Waals surface area (Å²) >= 11 is -2.03. The van der Waals surface area contributed by atoms with Crippen LogP contribution in [0.25, 0.3) is 49.1 Å². The van der Waals surface area contributed by atoms with Gasteiger partial charge in [0.1, 0.15) is 0 Å². The molecule has 4 heteroatoms. The van der Waals surface area contributed by atoms with Gasteiger partial charge in [-0.3, -0.25) is 0 Å². The molecule has 2 aromatic carbocycles. The Bertz CT molecular complexity index is 1650. The first-order valence-corrected chi connectivity index (χ1v) is 18.0. The molecule has 3 nitrogen and oxygen atoms in total. The molecule has 0 bridgehead atoms. The molecule has 4 aromatic heterocycles. The van der Waals surface area contributed by atoms with Crippen molar-refractivity contribution in [1.29, 1.82) is 0 Å². The molecule has 0 atom stereocenters. The molecule has 6 aromatic rings. The Morgan fingerprint density at radius 2 is 1.77 bits per heavy atom. The summed E-state index contributed by atoms with van der Waals surface area (Å²) in [4.78, 5) is 4.87. The normalized spacial score (nSPS) is 13.0. The van der Waals surface area contributed by atoms with Crippen molar-refractivity contribution in [2.24, 2.45) is 7.05 Å². The second-order valence-corrected chi connectivity index (χ2v) is 20.4. The van der Waals surface area contributed by atoms with Crippen LogP contribution in [0.2, 0.25) is 17.3 Å². The Kier molecular flexibility index (Phi) is 3.46. The number of benzene rings is 2. The third kappa shape index (κ3) is 2.16. The molecule has 0 spiro atoms. The molecule has 0 saturated heterocycles. The van der Waals surface area contributed by atoms with Crippen LogP contribution in [-0.4, -0.2) is 22.7 Å². The molecule has 6 rings (SSSR count). The fraction of sp³-hybridized carbons (Fsp3) is 0.231. The van der Waals surface area contributed by atoms with Crippen LogP contribution in [-0.2, 0) is 7.05 Å². The van der Waals surface area contributed by atoms with Gasteiger partial charge in [0.05, 0.1) is 0 Å². The van der Waals surface area contributed by atoms with E-state index >= 15 is 0 Å². The van der Waals surface area contributed by atoms with Gasteiger partial charge >= 0.3 is 179 Å². The monoisotopic (exact) mass is 454 g/mol. The van der Waals surface area contributed by atoms with Gasteiger partial charge in [-0.15, -0.1) is 0 Å². The molecule has 4 heterocycles. The molecule has 0 N–H and O–H groups in total. The number of nitrogens with zero attached hydrogens (tertiary/aromatic N) is 3. The molecule has 0 aliphatic rings. The Hall–Kier alpha value is -2.66. The summed E-state index contributed by atoms with van der Waals surface area (Å²) in [7, 11) is 2.18. The van der Waals surface area contributed by atoms with Crippen molar-refractivity contribution in [3.8, 4) is 0 Å². The van der Waals surface area contributed by atoms with Gasteiger partial charge in [-0.2, -0.15) is 0 Å². The molecule has 0 unspecified atom stereocenters. The van der Waals surface area contributed by atoms with E-state index < -0.39 is 13.3 Å². The number of hydrogen-bond acceptors (Lipinski definition) is 1. The van der Waals surface area contributed by atoms with Crippen LogP contribution < -0.4 is 8.96 Å². The first-order valence-electron chi connectivity index (χ1n) is 10.6. The van der Waals surface area contributed by atoms with Crippen molar-refractivity contribution in [3.05, 3.63) is 59.9 Å². The van der Waals surface area contributed by atoms with Crippen molar-refractivity contribution < 1.29 is 4.57 Å². The minimum absolute atomic E-state index is 1.07. The van der Waals surface area contributed by atoms with Gasteiger partial charge < -0.3 is 0 Å². The van der Waals surface area contributed by atoms with Gasteiger partial charge in [0, 0.05) is 0 Å². The molecule has 0 amide bonds. The van der Waals surface area contributed by atoms with E-state index in [0.29, 0.717) is 0 Å². The average Bonchev–Trinajstić information content (AvgIpc) is 3.03. The summed E-state index contributed by atoms with van der Waals surface area (Å²) in [5.41, 5.74) is 7.69. The van der Waals surface area contributed by atoms with E-state index in [1.807, 2.05) is 6.20 Å². The van der Waals surface area contributed by atoms with E-state index in [1.54, 1.807) is 0 Å². The van der Waals surface area contributed by atoms with Gasteiger partial charge in [-0.1, -0.05) is 0 Å². The predicted molar refractivity (Wildman–Crippen MR) is 130 cm³/mol. The van der Waals surface area contributed by atoms with Gasteiger partial charge in [-0.05, 0) is 0 Å². The van der Waals surface area contributed by atoms with Crippen molar-refractivity contribution in [2.75, 3.05) is 0 Å². The SMILES string of the molecule is Cc1cc2c3cccnc3n3c4c[c]([Ge]([CH3])([CH3])[CH3])cc5cc[n+](C)c(c(c1C)c23)c54. The van der Waals surface area contributed by atoms with Crippen LogP contribution in [0, 0.1) is 13.8 Å². The van der Waals surface area contributed by atoms with Gasteiger partial charge in [0.15, 0.2) is 0 Å². The van der Waals surface area contributed by atoms with E-state index in [-0.39, 0.29) is 0 Å². The minimum atomic E-state index is -2.03. The summed E-state index contributed by atoms with van der Waals surface area (Å²) in [5.74, 6) is 7.43. The average molecular weight is 453 g/mol. The molecule has 0 fully saturated rings. The maximum absolute atomic E-state index is 4.87. The van der Waals surface area contributed by atoms with Gasteiger partial charge in [-0.25, -0.2) is 0 Å². The van der Waals surface area contributed by atoms with Gasteiger partial charge in [0.25, 0.3) is 0 Å². The van der Waals surface area contributed by atoms with Crippen molar-refractivity contribution in [1.82, 2.24) is 9.38 Å². The first-order chi connectivity index (χ1) is 14.3. The second-order valence-electron chi connectivity index (χ2n) is 9.78. The quantitative estimate of drug-likeness (QED) is 0.142. The molecule has 0 aliphatic heterocycles. The molecular formula is C26H26GeN3+. The van der Waals surface area contributed by atoms with Crippen LogP contribution in [0.3, 0.4) is 0 Å².